The molecule has 0 unspecified atom stereocenters. The highest BCUT2D eigenvalue weighted by Gasteiger charge is 2.13. The molecule has 1 aliphatic heterocycles. The number of nitrogens with one attached hydrogen (secondary N) is 1. The topological polar surface area (TPSA) is 82.3 Å². The number of anilines is 3. The molecule has 1 aromatic carbocycles. The zero-order valence-electron chi connectivity index (χ0n) is 11.2. The van der Waals surface area contributed by atoms with Crippen molar-refractivity contribution in [1.29, 1.82) is 0 Å². The zero-order valence-corrected chi connectivity index (χ0v) is 11.2. The van der Waals surface area contributed by atoms with E-state index in [2.05, 4.69) is 15.3 Å². The van der Waals surface area contributed by atoms with Crippen molar-refractivity contribution in [3.05, 3.63) is 30.1 Å². The Labute approximate surface area is 116 Å². The highest BCUT2D eigenvalue weighted by atomic mass is 16.6. The summed E-state index contributed by atoms with van der Waals surface area (Å²) >= 11 is 0. The lowest BCUT2D eigenvalue weighted by Gasteiger charge is -2.19. The Kier molecular flexibility index (Phi) is 3.28. The molecule has 0 aliphatic carbocycles. The third-order valence-corrected chi connectivity index (χ3v) is 3.14. The van der Waals surface area contributed by atoms with Gasteiger partial charge in [0.1, 0.15) is 31.2 Å². The molecule has 1 aromatic heterocycles. The Hall–Kier alpha value is -2.50. The molecule has 0 bridgehead atoms. The third-order valence-electron chi connectivity index (χ3n) is 3.14. The van der Waals surface area contributed by atoms with Gasteiger partial charge in [-0.3, -0.25) is 0 Å². The predicted molar refractivity (Wildman–Crippen MR) is 76.5 cm³/mol. The van der Waals surface area contributed by atoms with Gasteiger partial charge in [0.25, 0.3) is 0 Å². The lowest BCUT2D eigenvalue weighted by molar-refractivity contribution is 0.171. The van der Waals surface area contributed by atoms with E-state index in [1.807, 2.05) is 25.1 Å². The molecule has 3 rings (SSSR count). The maximum Gasteiger partial charge on any atom is 0.163 e. The first-order valence-corrected chi connectivity index (χ1v) is 6.54. The SMILES string of the molecule is CCc1c(N)ncnc1Nc1ccc2c(c1)OCCO2. The zero-order chi connectivity index (χ0) is 13.9. The minimum absolute atomic E-state index is 0.502. The van der Waals surface area contributed by atoms with E-state index in [0.717, 1.165) is 35.0 Å². The molecule has 20 heavy (non-hydrogen) atoms. The average molecular weight is 272 g/mol. The maximum absolute atomic E-state index is 5.86. The molecule has 6 nitrogen and oxygen atoms in total. The van der Waals surface area contributed by atoms with Crippen molar-refractivity contribution in [2.24, 2.45) is 0 Å². The summed E-state index contributed by atoms with van der Waals surface area (Å²) in [5, 5.41) is 3.25. The van der Waals surface area contributed by atoms with Crippen LogP contribution in [0.25, 0.3) is 0 Å². The summed E-state index contributed by atoms with van der Waals surface area (Å²) < 4.78 is 11.1. The van der Waals surface area contributed by atoms with Crippen LogP contribution in [0.3, 0.4) is 0 Å². The van der Waals surface area contributed by atoms with Crippen molar-refractivity contribution in [3.8, 4) is 11.5 Å². The third kappa shape index (κ3) is 2.32. The molecule has 2 heterocycles. The highest BCUT2D eigenvalue weighted by Crippen LogP contribution is 2.34. The van der Waals surface area contributed by atoms with Crippen LogP contribution >= 0.6 is 0 Å². The second-order valence-electron chi connectivity index (χ2n) is 4.42. The standard InChI is InChI=1S/C14H16N4O2/c1-2-10-13(15)16-8-17-14(10)18-9-3-4-11-12(7-9)20-6-5-19-11/h3-4,7-8H,2,5-6H2,1H3,(H3,15,16,17,18). The van der Waals surface area contributed by atoms with E-state index in [1.54, 1.807) is 0 Å². The van der Waals surface area contributed by atoms with Gasteiger partial charge in [-0.2, -0.15) is 0 Å². The van der Waals surface area contributed by atoms with E-state index in [9.17, 15) is 0 Å². The number of nitrogens with zero attached hydrogens (tertiary/aromatic N) is 2. The van der Waals surface area contributed by atoms with Crippen LogP contribution in [-0.4, -0.2) is 23.2 Å². The van der Waals surface area contributed by atoms with Crippen molar-refractivity contribution in [3.63, 3.8) is 0 Å². The summed E-state index contributed by atoms with van der Waals surface area (Å²) in [5.74, 6) is 2.72. The van der Waals surface area contributed by atoms with Crippen molar-refractivity contribution < 1.29 is 9.47 Å². The number of ether oxygens (including phenoxy) is 2. The fourth-order valence-electron chi connectivity index (χ4n) is 2.14. The summed E-state index contributed by atoms with van der Waals surface area (Å²) in [7, 11) is 0. The van der Waals surface area contributed by atoms with E-state index in [4.69, 9.17) is 15.2 Å². The summed E-state index contributed by atoms with van der Waals surface area (Å²) in [4.78, 5) is 8.25. The number of hydrogen-bond donors (Lipinski definition) is 2. The van der Waals surface area contributed by atoms with Crippen molar-refractivity contribution in [2.45, 2.75) is 13.3 Å². The Bertz CT molecular complexity index is 631. The summed E-state index contributed by atoms with van der Waals surface area (Å²) in [6.07, 6.45) is 2.22. The quantitative estimate of drug-likeness (QED) is 0.890. The molecule has 0 spiro atoms. The van der Waals surface area contributed by atoms with Crippen LogP contribution in [0.1, 0.15) is 12.5 Å². The Balaban J connectivity index is 1.90. The largest absolute Gasteiger partial charge is 0.486 e. The molecule has 0 saturated heterocycles. The second kappa shape index (κ2) is 5.24. The van der Waals surface area contributed by atoms with Gasteiger partial charge in [-0.05, 0) is 18.6 Å². The smallest absolute Gasteiger partial charge is 0.163 e. The first-order valence-electron chi connectivity index (χ1n) is 6.54. The average Bonchev–Trinajstić information content (AvgIpc) is 2.47. The fraction of sp³-hybridized carbons (Fsp3) is 0.286. The van der Waals surface area contributed by atoms with E-state index < -0.39 is 0 Å². The molecule has 0 fully saturated rings. The summed E-state index contributed by atoms with van der Waals surface area (Å²) in [6, 6.07) is 5.70. The van der Waals surface area contributed by atoms with Gasteiger partial charge in [0.05, 0.1) is 0 Å². The second-order valence-corrected chi connectivity index (χ2v) is 4.42. The van der Waals surface area contributed by atoms with Gasteiger partial charge < -0.3 is 20.5 Å². The molecule has 0 atom stereocenters. The Morgan fingerprint density at radius 3 is 2.80 bits per heavy atom. The molecular weight excluding hydrogens is 256 g/mol. The highest BCUT2D eigenvalue weighted by molar-refractivity contribution is 5.66. The first-order chi connectivity index (χ1) is 9.78. The lowest BCUT2D eigenvalue weighted by Crippen LogP contribution is -2.15. The number of aromatic nitrogens is 2. The van der Waals surface area contributed by atoms with Crippen LogP contribution in [0.4, 0.5) is 17.3 Å². The van der Waals surface area contributed by atoms with E-state index in [1.165, 1.54) is 6.33 Å². The van der Waals surface area contributed by atoms with Crippen molar-refractivity contribution >= 4 is 17.3 Å². The van der Waals surface area contributed by atoms with Crippen LogP contribution in [0.5, 0.6) is 11.5 Å². The predicted octanol–water partition coefficient (Wildman–Crippen LogP) is 2.14. The van der Waals surface area contributed by atoms with Gasteiger partial charge in [-0.15, -0.1) is 0 Å². The molecule has 3 N–H and O–H groups in total. The minimum atomic E-state index is 0.502. The number of benzene rings is 1. The molecule has 0 saturated carbocycles. The lowest BCUT2D eigenvalue weighted by atomic mass is 10.2. The van der Waals surface area contributed by atoms with Gasteiger partial charge >= 0.3 is 0 Å². The molecule has 1 aliphatic rings. The minimum Gasteiger partial charge on any atom is -0.486 e. The van der Waals surface area contributed by atoms with Gasteiger partial charge in [0.15, 0.2) is 11.5 Å². The van der Waals surface area contributed by atoms with Gasteiger partial charge in [-0.1, -0.05) is 6.92 Å². The number of fused-ring (bicyclic) bond motifs is 1. The van der Waals surface area contributed by atoms with Crippen molar-refractivity contribution in [2.75, 3.05) is 24.3 Å². The van der Waals surface area contributed by atoms with E-state index in [-0.39, 0.29) is 0 Å². The molecular formula is C14H16N4O2. The van der Waals surface area contributed by atoms with Crippen LogP contribution in [0.15, 0.2) is 24.5 Å². The molecule has 0 radical (unpaired) electrons. The maximum atomic E-state index is 5.86. The van der Waals surface area contributed by atoms with Gasteiger partial charge in [0, 0.05) is 17.3 Å². The molecule has 104 valence electrons. The molecule has 6 heteroatoms. The molecule has 2 aromatic rings. The number of hydrogen-bond acceptors (Lipinski definition) is 6. The van der Waals surface area contributed by atoms with E-state index in [0.29, 0.717) is 19.0 Å². The van der Waals surface area contributed by atoms with E-state index >= 15 is 0 Å². The monoisotopic (exact) mass is 272 g/mol. The number of nitrogens with two attached hydrogens (primary N) is 1. The fourth-order valence-corrected chi connectivity index (χ4v) is 2.14. The summed E-state index contributed by atoms with van der Waals surface area (Å²) in [5.41, 5.74) is 7.64. The van der Waals surface area contributed by atoms with Crippen molar-refractivity contribution in [1.82, 2.24) is 9.97 Å². The molecule has 0 amide bonds. The van der Waals surface area contributed by atoms with Crippen LogP contribution in [0.2, 0.25) is 0 Å². The number of nitrogen functional groups attached to an aromatic ring is 1. The Morgan fingerprint density at radius 1 is 1.20 bits per heavy atom. The summed E-state index contributed by atoms with van der Waals surface area (Å²) in [6.45, 7) is 3.17. The Morgan fingerprint density at radius 2 is 2.00 bits per heavy atom. The normalized spacial score (nSPS) is 13.1. The van der Waals surface area contributed by atoms with Crippen LogP contribution in [0, 0.1) is 0 Å². The van der Waals surface area contributed by atoms with Gasteiger partial charge in [-0.25, -0.2) is 9.97 Å². The van der Waals surface area contributed by atoms with Crippen LogP contribution in [-0.2, 0) is 6.42 Å². The first kappa shape index (κ1) is 12.5. The van der Waals surface area contributed by atoms with Crippen LogP contribution < -0.4 is 20.5 Å². The number of rotatable bonds is 3. The van der Waals surface area contributed by atoms with Gasteiger partial charge in [0.2, 0.25) is 0 Å².